The second kappa shape index (κ2) is 5.75. The van der Waals surface area contributed by atoms with Crippen LogP contribution in [0.2, 0.25) is 0 Å². The van der Waals surface area contributed by atoms with Crippen LogP contribution in [-0.2, 0) is 21.4 Å². The Kier molecular flexibility index (Phi) is 4.09. The second-order valence-corrected chi connectivity index (χ2v) is 8.64. The quantitative estimate of drug-likeness (QED) is 0.854. The Morgan fingerprint density at radius 3 is 2.44 bits per heavy atom. The van der Waals surface area contributed by atoms with E-state index in [1.54, 1.807) is 20.8 Å². The Labute approximate surface area is 148 Å². The minimum absolute atomic E-state index is 0.0918. The lowest BCUT2D eigenvalue weighted by Crippen LogP contribution is -2.73. The van der Waals surface area contributed by atoms with Gasteiger partial charge in [-0.2, -0.15) is 0 Å². The predicted octanol–water partition coefficient (Wildman–Crippen LogP) is 3.65. The lowest BCUT2D eigenvalue weighted by molar-refractivity contribution is -0.183. The molecule has 4 rings (SSSR count). The van der Waals surface area contributed by atoms with Gasteiger partial charge in [-0.15, -0.1) is 0 Å². The third kappa shape index (κ3) is 3.12. The summed E-state index contributed by atoms with van der Waals surface area (Å²) in [6.45, 7) is 7.42. The van der Waals surface area contributed by atoms with Gasteiger partial charge in [-0.05, 0) is 63.0 Å². The lowest BCUT2D eigenvalue weighted by atomic mass is 9.31. The number of aliphatic carboxylic acids is 1. The third-order valence-corrected chi connectivity index (χ3v) is 5.54. The SMILES string of the molecule is CCc1cccc(C23CC(C(NC(=O)OC(C)(C)C)C(=O)O)(C2)C3)c1. The molecule has 0 radical (unpaired) electrons. The van der Waals surface area contributed by atoms with E-state index in [-0.39, 0.29) is 10.8 Å². The van der Waals surface area contributed by atoms with Gasteiger partial charge < -0.3 is 15.2 Å². The van der Waals surface area contributed by atoms with Gasteiger partial charge in [0.15, 0.2) is 0 Å². The number of carbonyl (C=O) groups excluding carboxylic acids is 1. The fourth-order valence-corrected chi connectivity index (χ4v) is 4.50. The zero-order valence-corrected chi connectivity index (χ0v) is 15.4. The Morgan fingerprint density at radius 2 is 1.92 bits per heavy atom. The summed E-state index contributed by atoms with van der Waals surface area (Å²) in [6.07, 6.45) is 2.75. The number of carbonyl (C=O) groups is 2. The molecule has 0 heterocycles. The minimum atomic E-state index is -0.985. The molecule has 2 bridgehead atoms. The van der Waals surface area contributed by atoms with Crippen LogP contribution < -0.4 is 5.32 Å². The number of carboxylic acids is 1. The van der Waals surface area contributed by atoms with E-state index in [1.807, 2.05) is 0 Å². The predicted molar refractivity (Wildman–Crippen MR) is 94.6 cm³/mol. The van der Waals surface area contributed by atoms with Crippen molar-refractivity contribution < 1.29 is 19.4 Å². The molecule has 3 saturated carbocycles. The first-order valence-electron chi connectivity index (χ1n) is 8.91. The van der Waals surface area contributed by atoms with E-state index in [1.165, 1.54) is 11.1 Å². The number of aryl methyl sites for hydroxylation is 1. The number of carboxylic acid groups (broad SMARTS) is 1. The normalized spacial score (nSPS) is 28.3. The fourth-order valence-electron chi connectivity index (χ4n) is 4.50. The number of benzene rings is 1. The van der Waals surface area contributed by atoms with Crippen LogP contribution in [0.25, 0.3) is 0 Å². The number of amides is 1. The monoisotopic (exact) mass is 345 g/mol. The van der Waals surface area contributed by atoms with Crippen LogP contribution in [0, 0.1) is 5.41 Å². The summed E-state index contributed by atoms with van der Waals surface area (Å²) >= 11 is 0. The molecule has 0 saturated heterocycles. The van der Waals surface area contributed by atoms with Gasteiger partial charge in [0.2, 0.25) is 0 Å². The molecule has 0 spiro atoms. The van der Waals surface area contributed by atoms with Crippen molar-refractivity contribution in [1.82, 2.24) is 5.32 Å². The first-order chi connectivity index (χ1) is 11.6. The van der Waals surface area contributed by atoms with E-state index in [4.69, 9.17) is 4.74 Å². The molecule has 1 amide bonds. The summed E-state index contributed by atoms with van der Waals surface area (Å²) in [5.74, 6) is -0.985. The van der Waals surface area contributed by atoms with E-state index >= 15 is 0 Å². The Balaban J connectivity index is 1.69. The third-order valence-electron chi connectivity index (χ3n) is 5.54. The van der Waals surface area contributed by atoms with Gasteiger partial charge in [-0.3, -0.25) is 0 Å². The van der Waals surface area contributed by atoms with Crippen LogP contribution >= 0.6 is 0 Å². The Bertz CT molecular complexity index is 684. The largest absolute Gasteiger partial charge is 0.480 e. The number of alkyl carbamates (subject to hydrolysis) is 1. The molecule has 1 aromatic rings. The van der Waals surface area contributed by atoms with Gasteiger partial charge >= 0.3 is 12.1 Å². The number of ether oxygens (including phenoxy) is 1. The standard InChI is InChI=1S/C20H27NO4/c1-5-13-7-6-8-14(9-13)19-10-20(11-19,12-19)15(16(22)23)21-17(24)25-18(2,3)4/h6-9,15H,5,10-12H2,1-4H3,(H,21,24)(H,22,23). The van der Waals surface area contributed by atoms with Gasteiger partial charge in [-0.25, -0.2) is 9.59 Å². The maximum absolute atomic E-state index is 12.0. The molecule has 5 heteroatoms. The second-order valence-electron chi connectivity index (χ2n) is 8.64. The molecule has 5 nitrogen and oxygen atoms in total. The summed E-state index contributed by atoms with van der Waals surface area (Å²) in [4.78, 5) is 23.7. The van der Waals surface area contributed by atoms with E-state index in [0.717, 1.165) is 25.7 Å². The van der Waals surface area contributed by atoms with Crippen molar-refractivity contribution in [1.29, 1.82) is 0 Å². The maximum atomic E-state index is 12.0. The molecule has 25 heavy (non-hydrogen) atoms. The first kappa shape index (κ1) is 17.8. The molecule has 3 aliphatic carbocycles. The summed E-state index contributed by atoms with van der Waals surface area (Å²) < 4.78 is 5.23. The summed E-state index contributed by atoms with van der Waals surface area (Å²) in [5.41, 5.74) is 1.71. The maximum Gasteiger partial charge on any atom is 0.408 e. The molecule has 3 fully saturated rings. The lowest BCUT2D eigenvalue weighted by Gasteiger charge is -2.72. The zero-order chi connectivity index (χ0) is 18.5. The van der Waals surface area contributed by atoms with Crippen LogP contribution in [0.5, 0.6) is 0 Å². The van der Waals surface area contributed by atoms with Gasteiger partial charge in [0.25, 0.3) is 0 Å². The highest BCUT2D eigenvalue weighted by Crippen LogP contribution is 2.75. The molecule has 0 aromatic heterocycles. The average Bonchev–Trinajstić information content (AvgIpc) is 2.41. The number of rotatable bonds is 5. The fraction of sp³-hybridized carbons (Fsp3) is 0.600. The van der Waals surface area contributed by atoms with Crippen LogP contribution in [0.4, 0.5) is 4.79 Å². The highest BCUT2D eigenvalue weighted by Gasteiger charge is 2.72. The number of nitrogens with one attached hydrogen (secondary N) is 1. The van der Waals surface area contributed by atoms with Crippen molar-refractivity contribution in [3.8, 4) is 0 Å². The summed E-state index contributed by atoms with van der Waals surface area (Å²) in [7, 11) is 0. The van der Waals surface area contributed by atoms with Gasteiger partial charge in [-0.1, -0.05) is 31.2 Å². The van der Waals surface area contributed by atoms with E-state index < -0.39 is 23.7 Å². The van der Waals surface area contributed by atoms with Crippen molar-refractivity contribution in [2.75, 3.05) is 0 Å². The minimum Gasteiger partial charge on any atom is -0.480 e. The van der Waals surface area contributed by atoms with Gasteiger partial charge in [0, 0.05) is 5.41 Å². The Hall–Kier alpha value is -2.04. The molecule has 1 unspecified atom stereocenters. The van der Waals surface area contributed by atoms with Crippen LogP contribution in [0.15, 0.2) is 24.3 Å². The smallest absolute Gasteiger partial charge is 0.408 e. The molecule has 1 atom stereocenters. The zero-order valence-electron chi connectivity index (χ0n) is 15.4. The highest BCUT2D eigenvalue weighted by molar-refractivity contribution is 5.82. The average molecular weight is 345 g/mol. The van der Waals surface area contributed by atoms with Crippen molar-refractivity contribution in [3.05, 3.63) is 35.4 Å². The van der Waals surface area contributed by atoms with Crippen LogP contribution in [0.3, 0.4) is 0 Å². The molecule has 3 aliphatic rings. The van der Waals surface area contributed by atoms with Crippen LogP contribution in [0.1, 0.15) is 58.1 Å². The molecule has 136 valence electrons. The molecular weight excluding hydrogens is 318 g/mol. The molecule has 2 N–H and O–H groups in total. The van der Waals surface area contributed by atoms with E-state index in [9.17, 15) is 14.7 Å². The van der Waals surface area contributed by atoms with Gasteiger partial charge in [0.1, 0.15) is 11.6 Å². The van der Waals surface area contributed by atoms with E-state index in [2.05, 4.69) is 36.5 Å². The molecular formula is C20H27NO4. The molecule has 0 aliphatic heterocycles. The highest BCUT2D eigenvalue weighted by atomic mass is 16.6. The van der Waals surface area contributed by atoms with Crippen LogP contribution in [-0.4, -0.2) is 28.8 Å². The molecule has 1 aromatic carbocycles. The summed E-state index contributed by atoms with van der Waals surface area (Å²) in [6, 6.07) is 7.68. The van der Waals surface area contributed by atoms with Gasteiger partial charge in [0.05, 0.1) is 0 Å². The number of hydrogen-bond acceptors (Lipinski definition) is 3. The first-order valence-corrected chi connectivity index (χ1v) is 8.91. The van der Waals surface area contributed by atoms with Crippen molar-refractivity contribution in [3.63, 3.8) is 0 Å². The van der Waals surface area contributed by atoms with Crippen molar-refractivity contribution in [2.24, 2.45) is 5.41 Å². The number of hydrogen-bond donors (Lipinski definition) is 2. The van der Waals surface area contributed by atoms with Crippen molar-refractivity contribution in [2.45, 2.75) is 70.4 Å². The van der Waals surface area contributed by atoms with Crippen molar-refractivity contribution >= 4 is 12.1 Å². The summed E-state index contributed by atoms with van der Waals surface area (Å²) in [5, 5.41) is 12.2. The Morgan fingerprint density at radius 1 is 1.28 bits per heavy atom. The topological polar surface area (TPSA) is 75.6 Å². The van der Waals surface area contributed by atoms with E-state index in [0.29, 0.717) is 0 Å².